The second kappa shape index (κ2) is 9.75. The van der Waals surface area contributed by atoms with Gasteiger partial charge in [-0.3, -0.25) is 19.3 Å². The number of anilines is 2. The number of rotatable bonds is 6. The number of ether oxygens (including phenoxy) is 1. The van der Waals surface area contributed by atoms with E-state index in [2.05, 4.69) is 5.32 Å². The van der Waals surface area contributed by atoms with E-state index >= 15 is 0 Å². The van der Waals surface area contributed by atoms with Crippen molar-refractivity contribution in [3.8, 4) is 5.75 Å². The zero-order valence-corrected chi connectivity index (χ0v) is 19.3. The van der Waals surface area contributed by atoms with Crippen molar-refractivity contribution in [2.45, 2.75) is 19.8 Å². The van der Waals surface area contributed by atoms with Gasteiger partial charge in [-0.05, 0) is 55.8 Å². The van der Waals surface area contributed by atoms with E-state index < -0.39 is 11.8 Å². The second-order valence-electron chi connectivity index (χ2n) is 8.17. The molecule has 3 aromatic rings. The molecule has 6 nitrogen and oxygen atoms in total. The van der Waals surface area contributed by atoms with E-state index in [9.17, 15) is 14.4 Å². The highest BCUT2D eigenvalue weighted by atomic mass is 16.5. The first-order chi connectivity index (χ1) is 16.4. The Bertz CT molecular complexity index is 1230. The molecule has 0 spiro atoms. The highest BCUT2D eigenvalue weighted by molar-refractivity contribution is 6.16. The van der Waals surface area contributed by atoms with Crippen LogP contribution in [0.1, 0.15) is 25.3 Å². The van der Waals surface area contributed by atoms with Crippen molar-refractivity contribution in [1.29, 1.82) is 0 Å². The molecule has 4 rings (SSSR count). The highest BCUT2D eigenvalue weighted by Crippen LogP contribution is 2.43. The van der Waals surface area contributed by atoms with Gasteiger partial charge in [-0.1, -0.05) is 48.5 Å². The molecule has 0 unspecified atom stereocenters. The van der Waals surface area contributed by atoms with Gasteiger partial charge in [-0.2, -0.15) is 0 Å². The van der Waals surface area contributed by atoms with Crippen LogP contribution < -0.4 is 15.0 Å². The van der Waals surface area contributed by atoms with Crippen LogP contribution in [0.15, 0.2) is 96.2 Å². The number of Topliss-reactive ketones (excluding diaryl/α,β-unsaturated/α-hetero) is 1. The lowest BCUT2D eigenvalue weighted by molar-refractivity contribution is -0.132. The van der Waals surface area contributed by atoms with Crippen LogP contribution in [0.3, 0.4) is 0 Å². The summed E-state index contributed by atoms with van der Waals surface area (Å²) >= 11 is 0. The molecule has 6 heteroatoms. The summed E-state index contributed by atoms with van der Waals surface area (Å²) < 4.78 is 5.27. The number of hydrogen-bond acceptors (Lipinski definition) is 4. The maximum atomic E-state index is 13.7. The molecule has 1 aliphatic heterocycles. The highest BCUT2D eigenvalue weighted by Gasteiger charge is 2.46. The van der Waals surface area contributed by atoms with E-state index in [0.29, 0.717) is 34.0 Å². The van der Waals surface area contributed by atoms with Crippen molar-refractivity contribution in [1.82, 2.24) is 0 Å². The second-order valence-corrected chi connectivity index (χ2v) is 8.17. The van der Waals surface area contributed by atoms with E-state index in [1.807, 2.05) is 36.4 Å². The Morgan fingerprint density at radius 2 is 1.47 bits per heavy atom. The molecule has 1 aliphatic rings. The molecule has 3 aromatic carbocycles. The third kappa shape index (κ3) is 4.35. The number of nitrogens with zero attached hydrogens (tertiary/aromatic N) is 1. The van der Waals surface area contributed by atoms with Gasteiger partial charge < -0.3 is 10.1 Å². The number of ketones is 1. The monoisotopic (exact) mass is 454 g/mol. The van der Waals surface area contributed by atoms with E-state index in [1.165, 1.54) is 11.8 Å². The molecule has 1 heterocycles. The normalized spacial score (nSPS) is 18.0. The summed E-state index contributed by atoms with van der Waals surface area (Å²) in [6.45, 7) is 3.15. The molecule has 1 N–H and O–H groups in total. The number of amides is 2. The predicted molar refractivity (Wildman–Crippen MR) is 132 cm³/mol. The smallest absolute Gasteiger partial charge is 0.254 e. The topological polar surface area (TPSA) is 75.7 Å². The number of carbonyl (C=O) groups excluding carboxylic acids is 3. The molecular formula is C28H26N2O4. The summed E-state index contributed by atoms with van der Waals surface area (Å²) in [5.74, 6) is -2.15. The van der Waals surface area contributed by atoms with E-state index in [0.717, 1.165) is 0 Å². The van der Waals surface area contributed by atoms with Gasteiger partial charge in [0, 0.05) is 28.6 Å². The van der Waals surface area contributed by atoms with Crippen LogP contribution in [-0.2, 0) is 14.4 Å². The third-order valence-corrected chi connectivity index (χ3v) is 6.06. The molecule has 0 aromatic heterocycles. The van der Waals surface area contributed by atoms with Gasteiger partial charge in [0.25, 0.3) is 5.91 Å². The van der Waals surface area contributed by atoms with Crippen molar-refractivity contribution < 1.29 is 19.1 Å². The fraction of sp³-hybridized carbons (Fsp3) is 0.179. The van der Waals surface area contributed by atoms with Gasteiger partial charge in [0.05, 0.1) is 7.11 Å². The average Bonchev–Trinajstić information content (AvgIpc) is 2.84. The molecule has 0 fully saturated rings. The summed E-state index contributed by atoms with van der Waals surface area (Å²) in [6, 6.07) is 25.3. The van der Waals surface area contributed by atoms with E-state index in [4.69, 9.17) is 4.74 Å². The van der Waals surface area contributed by atoms with Crippen molar-refractivity contribution >= 4 is 29.0 Å². The Morgan fingerprint density at radius 1 is 0.882 bits per heavy atom. The molecule has 34 heavy (non-hydrogen) atoms. The first-order valence-corrected chi connectivity index (χ1v) is 11.0. The summed E-state index contributed by atoms with van der Waals surface area (Å²) in [7, 11) is 1.57. The first-order valence-electron chi connectivity index (χ1n) is 11.0. The Kier molecular flexibility index (Phi) is 6.59. The molecule has 0 aliphatic carbocycles. The number of para-hydroxylation sites is 2. The lowest BCUT2D eigenvalue weighted by Crippen LogP contribution is -2.48. The number of benzene rings is 3. The minimum Gasteiger partial charge on any atom is -0.497 e. The average molecular weight is 455 g/mol. The SMILES string of the molecule is COc1ccc([C@@H]2C(C(=O)Nc3ccccc3)=C(C)N(c3ccccc3)C(=O)[C@H]2C(C)=O)cc1. The van der Waals surface area contributed by atoms with Crippen LogP contribution >= 0.6 is 0 Å². The van der Waals surface area contributed by atoms with Gasteiger partial charge >= 0.3 is 0 Å². The van der Waals surface area contributed by atoms with E-state index in [-0.39, 0.29) is 17.6 Å². The van der Waals surface area contributed by atoms with E-state index in [1.54, 1.807) is 62.6 Å². The summed E-state index contributed by atoms with van der Waals surface area (Å²) in [5, 5.41) is 2.94. The molecule has 2 atom stereocenters. The Morgan fingerprint density at radius 3 is 2.03 bits per heavy atom. The van der Waals surface area contributed by atoms with Gasteiger partial charge in [-0.25, -0.2) is 0 Å². The standard InChI is InChI=1S/C28H26N2O4/c1-18-24(27(32)29-21-10-6-4-7-11-21)26(20-14-16-23(34-3)17-15-20)25(19(2)31)28(33)30(18)22-12-8-5-9-13-22/h4-17,25-26H,1-3H3,(H,29,32)/t25-,26+/m0/s1. The summed E-state index contributed by atoms with van der Waals surface area (Å²) in [4.78, 5) is 41.8. The Balaban J connectivity index is 1.91. The van der Waals surface area contributed by atoms with Crippen LogP contribution in [0.2, 0.25) is 0 Å². The van der Waals surface area contributed by atoms with Crippen LogP contribution in [0.25, 0.3) is 0 Å². The molecule has 0 bridgehead atoms. The Hall–Kier alpha value is -4.19. The zero-order chi connectivity index (χ0) is 24.2. The lowest BCUT2D eigenvalue weighted by atomic mass is 9.74. The summed E-state index contributed by atoms with van der Waals surface area (Å²) in [6.07, 6.45) is 0. The number of hydrogen-bond donors (Lipinski definition) is 1. The van der Waals surface area contributed by atoms with Crippen molar-refractivity contribution in [3.05, 3.63) is 102 Å². The minimum absolute atomic E-state index is 0.302. The third-order valence-electron chi connectivity index (χ3n) is 6.06. The molecule has 0 saturated carbocycles. The molecule has 172 valence electrons. The first kappa shape index (κ1) is 23.0. The number of carbonyl (C=O) groups is 3. The van der Waals surface area contributed by atoms with Crippen LogP contribution in [0.5, 0.6) is 5.75 Å². The predicted octanol–water partition coefficient (Wildman–Crippen LogP) is 4.94. The lowest BCUT2D eigenvalue weighted by Gasteiger charge is -2.39. The fourth-order valence-corrected chi connectivity index (χ4v) is 4.46. The van der Waals surface area contributed by atoms with Gasteiger partial charge in [0.15, 0.2) is 0 Å². The van der Waals surface area contributed by atoms with Crippen LogP contribution in [-0.4, -0.2) is 24.7 Å². The Labute approximate surface area is 198 Å². The van der Waals surface area contributed by atoms with Crippen molar-refractivity contribution in [3.63, 3.8) is 0 Å². The molecule has 0 saturated heterocycles. The number of allylic oxidation sites excluding steroid dienone is 1. The minimum atomic E-state index is -1.05. The molecular weight excluding hydrogens is 428 g/mol. The molecule has 0 radical (unpaired) electrons. The van der Waals surface area contributed by atoms with Gasteiger partial charge in [0.1, 0.15) is 17.5 Å². The quantitative estimate of drug-likeness (QED) is 0.535. The summed E-state index contributed by atoms with van der Waals surface area (Å²) in [5.41, 5.74) is 2.79. The zero-order valence-electron chi connectivity index (χ0n) is 19.3. The van der Waals surface area contributed by atoms with Crippen molar-refractivity contribution in [2.24, 2.45) is 5.92 Å². The number of methoxy groups -OCH3 is 1. The van der Waals surface area contributed by atoms with Gasteiger partial charge in [-0.15, -0.1) is 0 Å². The fourth-order valence-electron chi connectivity index (χ4n) is 4.46. The van der Waals surface area contributed by atoms with Gasteiger partial charge in [0.2, 0.25) is 5.91 Å². The van der Waals surface area contributed by atoms with Crippen LogP contribution in [0.4, 0.5) is 11.4 Å². The maximum Gasteiger partial charge on any atom is 0.254 e. The largest absolute Gasteiger partial charge is 0.497 e. The maximum absolute atomic E-state index is 13.7. The van der Waals surface area contributed by atoms with Crippen molar-refractivity contribution in [2.75, 3.05) is 17.3 Å². The number of nitrogens with one attached hydrogen (secondary N) is 1. The van der Waals surface area contributed by atoms with Crippen LogP contribution in [0, 0.1) is 5.92 Å². The molecule has 2 amide bonds.